The quantitative estimate of drug-likeness (QED) is 0.447. The number of aromatic nitrogens is 1. The first-order valence-electron chi connectivity index (χ1n) is 8.79. The van der Waals surface area contributed by atoms with Crippen LogP contribution in [0.4, 0.5) is 10.1 Å². The number of nitrogens with one attached hydrogen (secondary N) is 3. The lowest BCUT2D eigenvalue weighted by Crippen LogP contribution is -2.37. The van der Waals surface area contributed by atoms with Gasteiger partial charge in [-0.15, -0.1) is 0 Å². The molecule has 9 heteroatoms. The zero-order chi connectivity index (χ0) is 21.3. The van der Waals surface area contributed by atoms with Gasteiger partial charge < -0.3 is 25.5 Å². The molecule has 0 aliphatic carbocycles. The van der Waals surface area contributed by atoms with Crippen molar-refractivity contribution in [3.05, 3.63) is 52.1 Å². The summed E-state index contributed by atoms with van der Waals surface area (Å²) >= 11 is 0. The van der Waals surface area contributed by atoms with E-state index in [0.29, 0.717) is 33.8 Å². The van der Waals surface area contributed by atoms with Crippen LogP contribution < -0.4 is 10.6 Å². The Morgan fingerprint density at radius 3 is 2.76 bits per heavy atom. The number of methoxy groups -OCH3 is 1. The van der Waals surface area contributed by atoms with E-state index in [-0.39, 0.29) is 18.0 Å². The topological polar surface area (TPSA) is 121 Å². The molecule has 4 N–H and O–H groups in total. The van der Waals surface area contributed by atoms with Crippen molar-refractivity contribution in [3.63, 3.8) is 0 Å². The summed E-state index contributed by atoms with van der Waals surface area (Å²) in [6.07, 6.45) is 0.0851. The minimum Gasteiger partial charge on any atom is -0.467 e. The molecule has 29 heavy (non-hydrogen) atoms. The van der Waals surface area contributed by atoms with Gasteiger partial charge >= 0.3 is 5.97 Å². The van der Waals surface area contributed by atoms with Gasteiger partial charge in [0.15, 0.2) is 6.10 Å². The zero-order valence-corrected chi connectivity index (χ0v) is 16.1. The number of aliphatic hydroxyl groups excluding tert-OH is 1. The number of carbonyl (C=O) groups excluding carboxylic acids is 3. The molecule has 1 aromatic heterocycles. The predicted octanol–water partition coefficient (Wildman–Crippen LogP) is 1.53. The molecule has 2 aromatic rings. The SMILES string of the molecule is COC(=O)[C@@H](O)CNC(=O)c1c(C)[nH]c(C=C2C(=O)Nc3ccc(F)cc32)c1C. The molecule has 0 bridgehead atoms. The maximum Gasteiger partial charge on any atom is 0.336 e. The van der Waals surface area contributed by atoms with Crippen LogP contribution in [0.3, 0.4) is 0 Å². The van der Waals surface area contributed by atoms with Crippen LogP contribution >= 0.6 is 0 Å². The van der Waals surface area contributed by atoms with E-state index in [0.717, 1.165) is 7.11 Å². The minimum atomic E-state index is -1.47. The number of aliphatic hydroxyl groups is 1. The fourth-order valence-electron chi connectivity index (χ4n) is 3.20. The second kappa shape index (κ2) is 7.88. The molecule has 0 fully saturated rings. The van der Waals surface area contributed by atoms with Crippen molar-refractivity contribution in [1.82, 2.24) is 10.3 Å². The molecular formula is C20H20FN3O5. The summed E-state index contributed by atoms with van der Waals surface area (Å²) in [6, 6.07) is 4.02. The predicted molar refractivity (Wildman–Crippen MR) is 104 cm³/mol. The highest BCUT2D eigenvalue weighted by molar-refractivity contribution is 6.34. The number of ether oxygens (including phenoxy) is 1. The van der Waals surface area contributed by atoms with Crippen LogP contribution in [-0.4, -0.2) is 47.6 Å². The second-order valence-electron chi connectivity index (χ2n) is 6.61. The van der Waals surface area contributed by atoms with Gasteiger partial charge in [-0.1, -0.05) is 0 Å². The number of amides is 2. The first kappa shape index (κ1) is 20.3. The maximum atomic E-state index is 13.6. The third kappa shape index (κ3) is 3.90. The number of esters is 1. The molecule has 2 amide bonds. The molecule has 3 rings (SSSR count). The van der Waals surface area contributed by atoms with Gasteiger partial charge in [-0.05, 0) is 43.7 Å². The molecule has 1 aliphatic rings. The normalized spacial score (nSPS) is 15.1. The van der Waals surface area contributed by atoms with Crippen LogP contribution in [-0.2, 0) is 14.3 Å². The van der Waals surface area contributed by atoms with Gasteiger partial charge in [-0.3, -0.25) is 9.59 Å². The highest BCUT2D eigenvalue weighted by Crippen LogP contribution is 2.34. The number of carbonyl (C=O) groups is 3. The summed E-state index contributed by atoms with van der Waals surface area (Å²) < 4.78 is 18.0. The average molecular weight is 401 g/mol. The van der Waals surface area contributed by atoms with E-state index in [1.165, 1.54) is 18.2 Å². The van der Waals surface area contributed by atoms with E-state index in [1.54, 1.807) is 19.9 Å². The average Bonchev–Trinajstić information content (AvgIpc) is 3.14. The van der Waals surface area contributed by atoms with E-state index in [9.17, 15) is 23.9 Å². The van der Waals surface area contributed by atoms with Crippen molar-refractivity contribution >= 4 is 35.1 Å². The zero-order valence-electron chi connectivity index (χ0n) is 16.1. The van der Waals surface area contributed by atoms with Crippen LogP contribution in [0.15, 0.2) is 18.2 Å². The molecule has 1 aromatic carbocycles. The summed E-state index contributed by atoms with van der Waals surface area (Å²) in [5.74, 6) is -2.18. The van der Waals surface area contributed by atoms with Crippen molar-refractivity contribution < 1.29 is 28.6 Å². The van der Waals surface area contributed by atoms with E-state index in [4.69, 9.17) is 0 Å². The van der Waals surface area contributed by atoms with Gasteiger partial charge in [0.05, 0.1) is 24.8 Å². The molecular weight excluding hydrogens is 381 g/mol. The number of aromatic amines is 1. The monoisotopic (exact) mass is 401 g/mol. The van der Waals surface area contributed by atoms with Crippen molar-refractivity contribution in [2.75, 3.05) is 19.0 Å². The molecule has 0 spiro atoms. The molecule has 1 atom stereocenters. The molecule has 1 aliphatic heterocycles. The molecule has 0 radical (unpaired) electrons. The molecule has 0 saturated heterocycles. The van der Waals surface area contributed by atoms with Gasteiger partial charge in [-0.25, -0.2) is 9.18 Å². The van der Waals surface area contributed by atoms with E-state index in [2.05, 4.69) is 20.4 Å². The standard InChI is InChI=1S/C20H20FN3O5/c1-9-15(7-13-12-6-11(21)4-5-14(12)24-18(13)26)23-10(2)17(9)19(27)22-8-16(25)20(28)29-3/h4-7,16,23,25H,8H2,1-3H3,(H,22,27)(H,24,26)/t16-/m0/s1. The Labute approximate surface area is 165 Å². The fraction of sp³-hybridized carbons (Fsp3) is 0.250. The Balaban J connectivity index is 1.88. The summed E-state index contributed by atoms with van der Waals surface area (Å²) in [7, 11) is 1.14. The molecule has 8 nitrogen and oxygen atoms in total. The number of aryl methyl sites for hydroxylation is 1. The van der Waals surface area contributed by atoms with Gasteiger partial charge in [0.25, 0.3) is 11.8 Å². The largest absolute Gasteiger partial charge is 0.467 e. The van der Waals surface area contributed by atoms with E-state index < -0.39 is 23.8 Å². The number of hydrogen-bond donors (Lipinski definition) is 4. The summed E-state index contributed by atoms with van der Waals surface area (Å²) in [6.45, 7) is 3.07. The van der Waals surface area contributed by atoms with Crippen LogP contribution in [0.5, 0.6) is 0 Å². The number of hydrogen-bond acceptors (Lipinski definition) is 5. The highest BCUT2D eigenvalue weighted by Gasteiger charge is 2.26. The first-order valence-corrected chi connectivity index (χ1v) is 8.79. The third-order valence-electron chi connectivity index (χ3n) is 4.69. The number of fused-ring (bicyclic) bond motifs is 1. The Bertz CT molecular complexity index is 1040. The summed E-state index contributed by atoms with van der Waals surface area (Å²) in [4.78, 5) is 39.1. The number of anilines is 1. The number of halogens is 1. The Kier molecular flexibility index (Phi) is 5.51. The van der Waals surface area contributed by atoms with Crippen LogP contribution in [0.1, 0.15) is 32.9 Å². The van der Waals surface area contributed by atoms with Gasteiger partial charge in [0.1, 0.15) is 5.82 Å². The van der Waals surface area contributed by atoms with E-state index >= 15 is 0 Å². The lowest BCUT2D eigenvalue weighted by molar-refractivity contribution is -0.149. The molecule has 0 unspecified atom stereocenters. The highest BCUT2D eigenvalue weighted by atomic mass is 19.1. The lowest BCUT2D eigenvalue weighted by atomic mass is 10.0. The van der Waals surface area contributed by atoms with Crippen LogP contribution in [0.25, 0.3) is 11.6 Å². The summed E-state index contributed by atoms with van der Waals surface area (Å²) in [5.41, 5.74) is 3.18. The minimum absolute atomic E-state index is 0.275. The van der Waals surface area contributed by atoms with Crippen molar-refractivity contribution in [2.24, 2.45) is 0 Å². The fourth-order valence-corrected chi connectivity index (χ4v) is 3.20. The van der Waals surface area contributed by atoms with Gasteiger partial charge in [-0.2, -0.15) is 0 Å². The second-order valence-corrected chi connectivity index (χ2v) is 6.61. The lowest BCUT2D eigenvalue weighted by Gasteiger charge is -2.10. The molecule has 152 valence electrons. The number of rotatable bonds is 5. The first-order chi connectivity index (χ1) is 13.7. The summed E-state index contributed by atoms with van der Waals surface area (Å²) in [5, 5.41) is 14.8. The Morgan fingerprint density at radius 1 is 1.34 bits per heavy atom. The smallest absolute Gasteiger partial charge is 0.336 e. The number of benzene rings is 1. The van der Waals surface area contributed by atoms with Gasteiger partial charge in [0, 0.05) is 22.6 Å². The van der Waals surface area contributed by atoms with Crippen molar-refractivity contribution in [1.29, 1.82) is 0 Å². The Hall–Kier alpha value is -3.46. The van der Waals surface area contributed by atoms with Crippen LogP contribution in [0, 0.1) is 19.7 Å². The van der Waals surface area contributed by atoms with Gasteiger partial charge in [0.2, 0.25) is 0 Å². The van der Waals surface area contributed by atoms with Crippen molar-refractivity contribution in [2.45, 2.75) is 20.0 Å². The van der Waals surface area contributed by atoms with Crippen molar-refractivity contribution in [3.8, 4) is 0 Å². The third-order valence-corrected chi connectivity index (χ3v) is 4.69. The van der Waals surface area contributed by atoms with E-state index in [1.807, 2.05) is 0 Å². The molecule has 2 heterocycles. The maximum absolute atomic E-state index is 13.6. The van der Waals surface area contributed by atoms with Crippen LogP contribution in [0.2, 0.25) is 0 Å². The molecule has 0 saturated carbocycles. The Morgan fingerprint density at radius 2 is 2.07 bits per heavy atom. The number of H-pyrrole nitrogens is 1.